The molecule has 0 saturated heterocycles. The Kier molecular flexibility index (Phi) is 5.98. The average Bonchev–Trinajstić information content (AvgIpc) is 3.00. The molecule has 0 amide bonds. The van der Waals surface area contributed by atoms with E-state index in [0.29, 0.717) is 11.8 Å². The SMILES string of the molecule is CCc1nc2c(nc1-c1ccc(C(C)C)nc1OC)c(C)cn2CC(C)OC. The van der Waals surface area contributed by atoms with E-state index in [-0.39, 0.29) is 6.10 Å². The molecule has 0 spiro atoms. The first-order valence-electron chi connectivity index (χ1n) is 9.83. The zero-order chi connectivity index (χ0) is 20.4. The Morgan fingerprint density at radius 3 is 2.43 bits per heavy atom. The van der Waals surface area contributed by atoms with Crippen LogP contribution in [-0.4, -0.2) is 39.8 Å². The molecule has 0 radical (unpaired) electrons. The van der Waals surface area contributed by atoms with Crippen molar-refractivity contribution in [3.8, 4) is 17.1 Å². The molecule has 0 aromatic carbocycles. The van der Waals surface area contributed by atoms with E-state index in [1.165, 1.54) is 0 Å². The van der Waals surface area contributed by atoms with Gasteiger partial charge in [0.15, 0.2) is 5.65 Å². The third kappa shape index (κ3) is 3.74. The largest absolute Gasteiger partial charge is 0.480 e. The maximum Gasteiger partial charge on any atom is 0.222 e. The highest BCUT2D eigenvalue weighted by molar-refractivity contribution is 5.80. The minimum atomic E-state index is 0.106. The molecule has 0 saturated carbocycles. The van der Waals surface area contributed by atoms with E-state index < -0.39 is 0 Å². The molecule has 0 aliphatic rings. The zero-order valence-electron chi connectivity index (χ0n) is 17.9. The van der Waals surface area contributed by atoms with Gasteiger partial charge in [-0.3, -0.25) is 0 Å². The van der Waals surface area contributed by atoms with Gasteiger partial charge < -0.3 is 14.0 Å². The lowest BCUT2D eigenvalue weighted by Gasteiger charge is -2.14. The van der Waals surface area contributed by atoms with E-state index >= 15 is 0 Å². The topological polar surface area (TPSA) is 62.1 Å². The molecular weight excluding hydrogens is 352 g/mol. The lowest BCUT2D eigenvalue weighted by atomic mass is 10.1. The summed E-state index contributed by atoms with van der Waals surface area (Å²) in [6.07, 6.45) is 2.98. The third-order valence-corrected chi connectivity index (χ3v) is 5.06. The van der Waals surface area contributed by atoms with Gasteiger partial charge in [0.2, 0.25) is 5.88 Å². The highest BCUT2D eigenvalue weighted by Crippen LogP contribution is 2.33. The first-order valence-corrected chi connectivity index (χ1v) is 9.83. The van der Waals surface area contributed by atoms with Gasteiger partial charge in [0.05, 0.1) is 36.7 Å². The summed E-state index contributed by atoms with van der Waals surface area (Å²) in [5.74, 6) is 0.931. The third-order valence-electron chi connectivity index (χ3n) is 5.06. The average molecular weight is 383 g/mol. The lowest BCUT2D eigenvalue weighted by Crippen LogP contribution is -2.14. The van der Waals surface area contributed by atoms with E-state index in [1.807, 2.05) is 6.07 Å². The summed E-state index contributed by atoms with van der Waals surface area (Å²) >= 11 is 0. The van der Waals surface area contributed by atoms with Gasteiger partial charge in [-0.05, 0) is 43.9 Å². The van der Waals surface area contributed by atoms with Crippen LogP contribution in [0.25, 0.3) is 22.4 Å². The number of rotatable bonds is 7. The molecule has 0 N–H and O–H groups in total. The number of aromatic nitrogens is 4. The molecule has 3 aromatic heterocycles. The highest BCUT2D eigenvalue weighted by atomic mass is 16.5. The Morgan fingerprint density at radius 1 is 1.07 bits per heavy atom. The molecule has 1 atom stereocenters. The summed E-state index contributed by atoms with van der Waals surface area (Å²) < 4.78 is 13.2. The van der Waals surface area contributed by atoms with Crippen LogP contribution in [0.15, 0.2) is 18.3 Å². The molecule has 3 rings (SSSR count). The van der Waals surface area contributed by atoms with Crippen molar-refractivity contribution in [2.75, 3.05) is 14.2 Å². The van der Waals surface area contributed by atoms with Crippen molar-refractivity contribution in [1.29, 1.82) is 0 Å². The molecule has 0 fully saturated rings. The predicted octanol–water partition coefficient (Wildman–Crippen LogP) is 4.53. The molecule has 6 nitrogen and oxygen atoms in total. The zero-order valence-corrected chi connectivity index (χ0v) is 17.9. The highest BCUT2D eigenvalue weighted by Gasteiger charge is 2.19. The van der Waals surface area contributed by atoms with Crippen LogP contribution in [0.3, 0.4) is 0 Å². The molecule has 3 heterocycles. The van der Waals surface area contributed by atoms with E-state index in [9.17, 15) is 0 Å². The van der Waals surface area contributed by atoms with E-state index in [4.69, 9.17) is 19.4 Å². The molecule has 0 bridgehead atoms. The molecule has 1 unspecified atom stereocenters. The number of methoxy groups -OCH3 is 2. The number of nitrogens with zero attached hydrogens (tertiary/aromatic N) is 4. The van der Waals surface area contributed by atoms with Crippen LogP contribution in [0, 0.1) is 6.92 Å². The molecular formula is C22H30N4O2. The Balaban J connectivity index is 2.18. The van der Waals surface area contributed by atoms with Crippen LogP contribution in [-0.2, 0) is 17.7 Å². The van der Waals surface area contributed by atoms with Crippen LogP contribution >= 0.6 is 0 Å². The van der Waals surface area contributed by atoms with Crippen molar-refractivity contribution in [3.05, 3.63) is 35.3 Å². The first kappa shape index (κ1) is 20.3. The Labute approximate surface area is 166 Å². The van der Waals surface area contributed by atoms with Crippen molar-refractivity contribution in [2.45, 2.75) is 59.6 Å². The molecule has 6 heteroatoms. The maximum atomic E-state index is 5.60. The Hall–Kier alpha value is -2.47. The second kappa shape index (κ2) is 8.27. The van der Waals surface area contributed by atoms with Crippen LogP contribution in [0.1, 0.15) is 50.6 Å². The molecule has 28 heavy (non-hydrogen) atoms. The summed E-state index contributed by atoms with van der Waals surface area (Å²) in [6, 6.07) is 4.10. The van der Waals surface area contributed by atoms with Gasteiger partial charge in [-0.15, -0.1) is 0 Å². The van der Waals surface area contributed by atoms with Crippen molar-refractivity contribution in [3.63, 3.8) is 0 Å². The number of ether oxygens (including phenoxy) is 2. The number of fused-ring (bicyclic) bond motifs is 1. The second-order valence-electron chi connectivity index (χ2n) is 7.50. The fourth-order valence-electron chi connectivity index (χ4n) is 3.35. The fourth-order valence-corrected chi connectivity index (χ4v) is 3.35. The van der Waals surface area contributed by atoms with Gasteiger partial charge in [0.25, 0.3) is 0 Å². The number of pyridine rings is 1. The van der Waals surface area contributed by atoms with Crippen molar-refractivity contribution < 1.29 is 9.47 Å². The number of hydrogen-bond acceptors (Lipinski definition) is 5. The molecule has 3 aromatic rings. The van der Waals surface area contributed by atoms with Crippen LogP contribution in [0.4, 0.5) is 0 Å². The van der Waals surface area contributed by atoms with E-state index in [1.54, 1.807) is 14.2 Å². The Bertz CT molecular complexity index is 978. The minimum absolute atomic E-state index is 0.106. The summed E-state index contributed by atoms with van der Waals surface area (Å²) in [5, 5.41) is 0. The summed E-state index contributed by atoms with van der Waals surface area (Å²) in [4.78, 5) is 14.7. The van der Waals surface area contributed by atoms with Crippen molar-refractivity contribution in [1.82, 2.24) is 19.5 Å². The molecule has 0 aliphatic carbocycles. The van der Waals surface area contributed by atoms with Gasteiger partial charge in [0, 0.05) is 19.0 Å². The number of aryl methyl sites for hydroxylation is 2. The normalized spacial score (nSPS) is 12.7. The van der Waals surface area contributed by atoms with Crippen LogP contribution in [0.5, 0.6) is 5.88 Å². The van der Waals surface area contributed by atoms with Gasteiger partial charge in [-0.1, -0.05) is 20.8 Å². The standard InChI is InChI=1S/C22H30N4O2/c1-8-17-20(16-9-10-18(13(2)3)24-22(16)28-7)25-19-14(4)11-26(21(19)23-17)12-15(5)27-6/h9-11,13,15H,8,12H2,1-7H3. The lowest BCUT2D eigenvalue weighted by molar-refractivity contribution is 0.104. The smallest absolute Gasteiger partial charge is 0.222 e. The minimum Gasteiger partial charge on any atom is -0.480 e. The van der Waals surface area contributed by atoms with Crippen molar-refractivity contribution >= 4 is 11.2 Å². The predicted molar refractivity (Wildman–Crippen MR) is 112 cm³/mol. The molecule has 0 aliphatic heterocycles. The van der Waals surface area contributed by atoms with Crippen LogP contribution < -0.4 is 4.74 Å². The quantitative estimate of drug-likeness (QED) is 0.601. The monoisotopic (exact) mass is 382 g/mol. The van der Waals surface area contributed by atoms with Gasteiger partial charge in [-0.2, -0.15) is 0 Å². The summed E-state index contributed by atoms with van der Waals surface area (Å²) in [5.41, 5.74) is 6.57. The number of hydrogen-bond donors (Lipinski definition) is 0. The summed E-state index contributed by atoms with van der Waals surface area (Å²) in [7, 11) is 3.38. The Morgan fingerprint density at radius 2 is 1.82 bits per heavy atom. The maximum absolute atomic E-state index is 5.60. The van der Waals surface area contributed by atoms with Crippen LogP contribution in [0.2, 0.25) is 0 Å². The fraction of sp³-hybridized carbons (Fsp3) is 0.500. The summed E-state index contributed by atoms with van der Waals surface area (Å²) in [6.45, 7) is 11.2. The first-order chi connectivity index (χ1) is 13.4. The molecule has 150 valence electrons. The van der Waals surface area contributed by atoms with E-state index in [2.05, 4.69) is 56.4 Å². The second-order valence-corrected chi connectivity index (χ2v) is 7.50. The van der Waals surface area contributed by atoms with Gasteiger partial charge in [-0.25, -0.2) is 15.0 Å². The van der Waals surface area contributed by atoms with Gasteiger partial charge >= 0.3 is 0 Å². The van der Waals surface area contributed by atoms with Gasteiger partial charge in [0.1, 0.15) is 5.52 Å². The van der Waals surface area contributed by atoms with Crippen molar-refractivity contribution in [2.24, 2.45) is 0 Å². The van der Waals surface area contributed by atoms with E-state index in [0.717, 1.165) is 52.3 Å².